The predicted molar refractivity (Wildman–Crippen MR) is 69.2 cm³/mol. The maximum atomic E-state index is 11.0. The van der Waals surface area contributed by atoms with E-state index in [1.54, 1.807) is 30.3 Å². The fraction of sp³-hybridized carbons (Fsp3) is 0. The third-order valence-corrected chi connectivity index (χ3v) is 2.76. The van der Waals surface area contributed by atoms with E-state index in [0.717, 1.165) is 6.29 Å². The van der Waals surface area contributed by atoms with E-state index >= 15 is 0 Å². The van der Waals surface area contributed by atoms with E-state index in [2.05, 4.69) is 0 Å². The van der Waals surface area contributed by atoms with Crippen molar-refractivity contribution in [2.75, 3.05) is 0 Å². The van der Waals surface area contributed by atoms with Gasteiger partial charge in [0.05, 0.1) is 5.56 Å². The normalized spacial score (nSPS) is 10.1. The van der Waals surface area contributed by atoms with Gasteiger partial charge >= 0.3 is 5.97 Å². The average molecular weight is 261 g/mol. The number of benzene rings is 2. The number of halogens is 1. The van der Waals surface area contributed by atoms with Gasteiger partial charge in [-0.3, -0.25) is 4.79 Å². The molecule has 0 aromatic heterocycles. The zero-order valence-electron chi connectivity index (χ0n) is 9.26. The minimum atomic E-state index is -1.05. The number of hydrogen-bond acceptors (Lipinski definition) is 2. The summed E-state index contributed by atoms with van der Waals surface area (Å²) in [6, 6.07) is 11.5. The van der Waals surface area contributed by atoms with Crippen LogP contribution >= 0.6 is 11.6 Å². The van der Waals surface area contributed by atoms with E-state index in [-0.39, 0.29) is 5.56 Å². The Balaban J connectivity index is 2.63. The topological polar surface area (TPSA) is 54.4 Å². The molecule has 0 saturated heterocycles. The van der Waals surface area contributed by atoms with Crippen LogP contribution in [0.15, 0.2) is 42.5 Å². The van der Waals surface area contributed by atoms with Crippen LogP contribution < -0.4 is 0 Å². The number of aldehydes is 1. The quantitative estimate of drug-likeness (QED) is 0.859. The Bertz CT molecular complexity index is 620. The summed E-state index contributed by atoms with van der Waals surface area (Å²) in [5.74, 6) is -1.05. The molecule has 0 aliphatic heterocycles. The van der Waals surface area contributed by atoms with Gasteiger partial charge in [-0.25, -0.2) is 4.79 Å². The summed E-state index contributed by atoms with van der Waals surface area (Å²) < 4.78 is 0. The summed E-state index contributed by atoms with van der Waals surface area (Å²) in [4.78, 5) is 21.9. The van der Waals surface area contributed by atoms with Crippen LogP contribution in [-0.4, -0.2) is 17.4 Å². The highest BCUT2D eigenvalue weighted by Gasteiger charge is 2.09. The highest BCUT2D eigenvalue weighted by atomic mass is 35.5. The number of hydrogen-bond donors (Lipinski definition) is 1. The second-order valence-electron chi connectivity index (χ2n) is 3.74. The number of rotatable bonds is 3. The van der Waals surface area contributed by atoms with Gasteiger partial charge < -0.3 is 5.11 Å². The van der Waals surface area contributed by atoms with Crippen molar-refractivity contribution in [3.63, 3.8) is 0 Å². The molecule has 0 saturated carbocycles. The van der Waals surface area contributed by atoms with Gasteiger partial charge in [0.1, 0.15) is 0 Å². The summed E-state index contributed by atoms with van der Waals surface area (Å²) in [6.07, 6.45) is 0.733. The van der Waals surface area contributed by atoms with Crippen molar-refractivity contribution in [1.82, 2.24) is 0 Å². The van der Waals surface area contributed by atoms with Crippen LogP contribution in [0, 0.1) is 0 Å². The molecule has 0 heterocycles. The Morgan fingerprint density at radius 1 is 1.17 bits per heavy atom. The molecule has 1 N–H and O–H groups in total. The Morgan fingerprint density at radius 2 is 1.89 bits per heavy atom. The molecule has 0 spiro atoms. The van der Waals surface area contributed by atoms with Crippen molar-refractivity contribution in [1.29, 1.82) is 0 Å². The lowest BCUT2D eigenvalue weighted by molar-refractivity contribution is 0.0697. The molecule has 0 amide bonds. The molecule has 0 fully saturated rings. The number of aromatic carboxylic acids is 1. The van der Waals surface area contributed by atoms with Gasteiger partial charge in [0.15, 0.2) is 6.29 Å². The van der Waals surface area contributed by atoms with Crippen LogP contribution in [0.3, 0.4) is 0 Å². The number of carboxylic acid groups (broad SMARTS) is 1. The summed E-state index contributed by atoms with van der Waals surface area (Å²) in [7, 11) is 0. The first-order valence-electron chi connectivity index (χ1n) is 5.20. The molecule has 90 valence electrons. The predicted octanol–water partition coefficient (Wildman–Crippen LogP) is 3.52. The van der Waals surface area contributed by atoms with Crippen molar-refractivity contribution in [2.24, 2.45) is 0 Å². The van der Waals surface area contributed by atoms with E-state index < -0.39 is 5.97 Å². The van der Waals surface area contributed by atoms with Crippen LogP contribution in [0.4, 0.5) is 0 Å². The lowest BCUT2D eigenvalue weighted by Gasteiger charge is -2.06. The summed E-state index contributed by atoms with van der Waals surface area (Å²) >= 11 is 5.89. The zero-order chi connectivity index (χ0) is 13.1. The fourth-order valence-corrected chi connectivity index (χ4v) is 1.97. The smallest absolute Gasteiger partial charge is 0.335 e. The number of carboxylic acids is 1. The van der Waals surface area contributed by atoms with Crippen LogP contribution in [0.5, 0.6) is 0 Å². The SMILES string of the molecule is O=Cc1ccccc1-c1cc(Cl)cc(C(=O)O)c1. The van der Waals surface area contributed by atoms with Gasteiger partial charge in [-0.2, -0.15) is 0 Å². The Hall–Kier alpha value is -2.13. The first kappa shape index (κ1) is 12.3. The van der Waals surface area contributed by atoms with E-state index in [9.17, 15) is 9.59 Å². The zero-order valence-corrected chi connectivity index (χ0v) is 10.0. The Kier molecular flexibility index (Phi) is 3.44. The summed E-state index contributed by atoms with van der Waals surface area (Å²) in [5.41, 5.74) is 1.87. The Morgan fingerprint density at radius 3 is 2.56 bits per heavy atom. The molecule has 0 aliphatic carbocycles. The maximum Gasteiger partial charge on any atom is 0.335 e. The molecule has 0 bridgehead atoms. The molecule has 2 aromatic rings. The first-order chi connectivity index (χ1) is 8.61. The summed E-state index contributed by atoms with van der Waals surface area (Å²) in [5, 5.41) is 9.30. The summed E-state index contributed by atoms with van der Waals surface area (Å²) in [6.45, 7) is 0. The number of carbonyl (C=O) groups is 2. The molecular formula is C14H9ClO3. The average Bonchev–Trinajstić information content (AvgIpc) is 2.38. The minimum Gasteiger partial charge on any atom is -0.478 e. The number of carbonyl (C=O) groups excluding carboxylic acids is 1. The van der Waals surface area contributed by atoms with Crippen LogP contribution in [-0.2, 0) is 0 Å². The molecule has 0 aliphatic rings. The molecule has 0 unspecified atom stereocenters. The maximum absolute atomic E-state index is 11.0. The molecule has 4 heteroatoms. The van der Waals surface area contributed by atoms with Gasteiger partial charge in [0, 0.05) is 10.6 Å². The standard InChI is InChI=1S/C14H9ClO3/c15-12-6-10(5-11(7-12)14(17)18)13-4-2-1-3-9(13)8-16/h1-8H,(H,17,18). The largest absolute Gasteiger partial charge is 0.478 e. The molecule has 2 rings (SSSR count). The molecular weight excluding hydrogens is 252 g/mol. The monoisotopic (exact) mass is 260 g/mol. The molecule has 0 radical (unpaired) electrons. The Labute approximate surface area is 109 Å². The molecule has 18 heavy (non-hydrogen) atoms. The van der Waals surface area contributed by atoms with E-state index in [1.165, 1.54) is 12.1 Å². The van der Waals surface area contributed by atoms with Crippen molar-refractivity contribution < 1.29 is 14.7 Å². The van der Waals surface area contributed by atoms with E-state index in [4.69, 9.17) is 16.7 Å². The molecule has 3 nitrogen and oxygen atoms in total. The second-order valence-corrected chi connectivity index (χ2v) is 4.18. The van der Waals surface area contributed by atoms with Crippen LogP contribution in [0.25, 0.3) is 11.1 Å². The van der Waals surface area contributed by atoms with Gasteiger partial charge in [0.2, 0.25) is 0 Å². The molecule has 0 atom stereocenters. The van der Waals surface area contributed by atoms with Crippen molar-refractivity contribution >= 4 is 23.9 Å². The first-order valence-corrected chi connectivity index (χ1v) is 5.58. The van der Waals surface area contributed by atoms with Crippen molar-refractivity contribution in [2.45, 2.75) is 0 Å². The van der Waals surface area contributed by atoms with Gasteiger partial charge in [0.25, 0.3) is 0 Å². The fourth-order valence-electron chi connectivity index (χ4n) is 1.73. The lowest BCUT2D eigenvalue weighted by Crippen LogP contribution is -1.97. The van der Waals surface area contributed by atoms with Gasteiger partial charge in [-0.15, -0.1) is 0 Å². The van der Waals surface area contributed by atoms with Crippen LogP contribution in [0.2, 0.25) is 5.02 Å². The van der Waals surface area contributed by atoms with Crippen molar-refractivity contribution in [3.05, 3.63) is 58.6 Å². The third kappa shape index (κ3) is 2.41. The lowest BCUT2D eigenvalue weighted by atomic mass is 9.99. The highest BCUT2D eigenvalue weighted by Crippen LogP contribution is 2.27. The van der Waals surface area contributed by atoms with Gasteiger partial charge in [-0.1, -0.05) is 35.9 Å². The van der Waals surface area contributed by atoms with Crippen molar-refractivity contribution in [3.8, 4) is 11.1 Å². The second kappa shape index (κ2) is 5.02. The third-order valence-electron chi connectivity index (χ3n) is 2.54. The minimum absolute atomic E-state index is 0.0956. The van der Waals surface area contributed by atoms with Crippen LogP contribution in [0.1, 0.15) is 20.7 Å². The highest BCUT2D eigenvalue weighted by molar-refractivity contribution is 6.31. The van der Waals surface area contributed by atoms with E-state index in [1.807, 2.05) is 0 Å². The van der Waals surface area contributed by atoms with Gasteiger partial charge in [-0.05, 0) is 29.3 Å². The van der Waals surface area contributed by atoms with E-state index in [0.29, 0.717) is 21.7 Å². The molecule has 2 aromatic carbocycles.